The fraction of sp³-hybridized carbons (Fsp3) is 0. The van der Waals surface area contributed by atoms with E-state index < -0.39 is 0 Å². The van der Waals surface area contributed by atoms with Crippen molar-refractivity contribution in [1.82, 2.24) is 0 Å². The Balaban J connectivity index is 3.27. The van der Waals surface area contributed by atoms with E-state index in [-0.39, 0.29) is 0 Å². The minimum absolute atomic E-state index is 0.444. The summed E-state index contributed by atoms with van der Waals surface area (Å²) in [6, 6.07) is 5.19. The van der Waals surface area contributed by atoms with Gasteiger partial charge in [0.05, 0.1) is 10.0 Å². The highest BCUT2D eigenvalue weighted by atomic mass is 35.5. The molecule has 0 aliphatic heterocycles. The topological polar surface area (TPSA) is 23.9 Å². The monoisotopic (exact) mass is 173 g/mol. The Morgan fingerprint density at radius 2 is 2.00 bits per heavy atom. The molecule has 0 heterocycles. The van der Waals surface area contributed by atoms with Gasteiger partial charge in [-0.3, -0.25) is 0 Å². The number of hydrogen-bond donors (Lipinski definition) is 1. The van der Waals surface area contributed by atoms with Crippen molar-refractivity contribution >= 4 is 29.4 Å². The van der Waals surface area contributed by atoms with Crippen LogP contribution in [-0.2, 0) is 0 Å². The summed E-state index contributed by atoms with van der Waals surface area (Å²) in [4.78, 5) is 0. The van der Waals surface area contributed by atoms with Gasteiger partial charge in [-0.25, -0.2) is 0 Å². The first-order valence-electron chi connectivity index (χ1n) is 2.70. The molecule has 0 saturated carbocycles. The third-order valence-electron chi connectivity index (χ3n) is 1.14. The van der Waals surface area contributed by atoms with Crippen LogP contribution in [0.5, 0.6) is 0 Å². The number of nitrogens with one attached hydrogen (secondary N) is 1. The molecule has 1 rings (SSSR count). The maximum atomic E-state index is 6.91. The van der Waals surface area contributed by atoms with E-state index in [0.717, 1.165) is 0 Å². The first-order chi connectivity index (χ1) is 4.75. The van der Waals surface area contributed by atoms with E-state index in [1.807, 2.05) is 0 Å². The summed E-state index contributed by atoms with van der Waals surface area (Å²) in [5.41, 5.74) is 0.647. The predicted molar refractivity (Wildman–Crippen MR) is 44.3 cm³/mol. The second-order valence-corrected chi connectivity index (χ2v) is 2.57. The lowest BCUT2D eigenvalue weighted by Crippen LogP contribution is -1.80. The molecular weight excluding hydrogens is 169 g/mol. The van der Waals surface area contributed by atoms with E-state index in [1.54, 1.807) is 18.2 Å². The van der Waals surface area contributed by atoms with Crippen molar-refractivity contribution < 1.29 is 0 Å². The van der Waals surface area contributed by atoms with Crippen LogP contribution in [0.15, 0.2) is 18.2 Å². The molecule has 1 aromatic carbocycles. The van der Waals surface area contributed by atoms with Crippen molar-refractivity contribution in [2.75, 3.05) is 0 Å². The summed E-state index contributed by atoms with van der Waals surface area (Å²) >= 11 is 11.4. The van der Waals surface area contributed by atoms with Crippen LogP contribution in [0.1, 0.15) is 5.56 Å². The summed E-state index contributed by atoms with van der Waals surface area (Å²) in [6.07, 6.45) is 1.17. The number of benzene rings is 1. The SMILES string of the molecule is N=Cc1cccc(Cl)c1Cl. The average molecular weight is 174 g/mol. The summed E-state index contributed by atoms with van der Waals surface area (Å²) < 4.78 is 0. The zero-order chi connectivity index (χ0) is 7.56. The molecule has 1 N–H and O–H groups in total. The highest BCUT2D eigenvalue weighted by Crippen LogP contribution is 2.23. The van der Waals surface area contributed by atoms with Crippen molar-refractivity contribution in [3.8, 4) is 0 Å². The molecule has 52 valence electrons. The minimum atomic E-state index is 0.444. The Bertz CT molecular complexity index is 258. The fourth-order valence-corrected chi connectivity index (χ4v) is 0.994. The van der Waals surface area contributed by atoms with E-state index in [9.17, 15) is 0 Å². The molecule has 0 saturated heterocycles. The second kappa shape index (κ2) is 3.04. The van der Waals surface area contributed by atoms with Crippen LogP contribution in [-0.4, -0.2) is 6.21 Å². The molecule has 0 spiro atoms. The van der Waals surface area contributed by atoms with Crippen molar-refractivity contribution in [2.24, 2.45) is 0 Å². The quantitative estimate of drug-likeness (QED) is 0.632. The zero-order valence-electron chi connectivity index (χ0n) is 5.07. The van der Waals surface area contributed by atoms with Crippen molar-refractivity contribution in [1.29, 1.82) is 5.41 Å². The van der Waals surface area contributed by atoms with Crippen LogP contribution in [0.3, 0.4) is 0 Å². The molecular formula is C7H5Cl2N. The molecule has 1 nitrogen and oxygen atoms in total. The van der Waals surface area contributed by atoms with Gasteiger partial charge >= 0.3 is 0 Å². The second-order valence-electron chi connectivity index (χ2n) is 1.79. The molecule has 10 heavy (non-hydrogen) atoms. The van der Waals surface area contributed by atoms with E-state index in [2.05, 4.69) is 0 Å². The molecule has 0 aromatic heterocycles. The molecule has 3 heteroatoms. The Kier molecular flexibility index (Phi) is 2.30. The molecule has 0 amide bonds. The normalized spacial score (nSPS) is 9.40. The standard InChI is InChI=1S/C7H5Cl2N/c8-6-3-1-2-5(4-10)7(6)9/h1-4,10H. The van der Waals surface area contributed by atoms with Crippen LogP contribution in [0.25, 0.3) is 0 Å². The molecule has 0 bridgehead atoms. The largest absolute Gasteiger partial charge is 0.308 e. The van der Waals surface area contributed by atoms with Gasteiger partial charge in [0.15, 0.2) is 0 Å². The Morgan fingerprint density at radius 3 is 2.50 bits per heavy atom. The van der Waals surface area contributed by atoms with E-state index in [4.69, 9.17) is 28.6 Å². The smallest absolute Gasteiger partial charge is 0.0679 e. The van der Waals surface area contributed by atoms with Crippen LogP contribution < -0.4 is 0 Å². The minimum Gasteiger partial charge on any atom is -0.308 e. The zero-order valence-corrected chi connectivity index (χ0v) is 6.58. The van der Waals surface area contributed by atoms with Gasteiger partial charge in [0.2, 0.25) is 0 Å². The maximum Gasteiger partial charge on any atom is 0.0679 e. The van der Waals surface area contributed by atoms with Gasteiger partial charge < -0.3 is 5.41 Å². The molecule has 0 unspecified atom stereocenters. The highest BCUT2D eigenvalue weighted by molar-refractivity contribution is 6.43. The van der Waals surface area contributed by atoms with Gasteiger partial charge in [-0.05, 0) is 6.07 Å². The van der Waals surface area contributed by atoms with E-state index in [1.165, 1.54) is 6.21 Å². The first kappa shape index (κ1) is 7.58. The van der Waals surface area contributed by atoms with Crippen LogP contribution in [0.2, 0.25) is 10.0 Å². The summed E-state index contributed by atoms with van der Waals surface area (Å²) in [5.74, 6) is 0. The van der Waals surface area contributed by atoms with Gasteiger partial charge in [0.1, 0.15) is 0 Å². The third kappa shape index (κ3) is 1.31. The molecule has 0 fully saturated rings. The fourth-order valence-electron chi connectivity index (χ4n) is 0.632. The molecule has 0 atom stereocenters. The lowest BCUT2D eigenvalue weighted by atomic mass is 10.2. The third-order valence-corrected chi connectivity index (χ3v) is 1.97. The average Bonchev–Trinajstić information content (AvgIpc) is 1.95. The van der Waals surface area contributed by atoms with Gasteiger partial charge in [-0.2, -0.15) is 0 Å². The van der Waals surface area contributed by atoms with Crippen LogP contribution in [0.4, 0.5) is 0 Å². The van der Waals surface area contributed by atoms with Gasteiger partial charge in [-0.1, -0.05) is 35.3 Å². The van der Waals surface area contributed by atoms with Gasteiger partial charge in [-0.15, -0.1) is 0 Å². The van der Waals surface area contributed by atoms with Gasteiger partial charge in [0.25, 0.3) is 0 Å². The lowest BCUT2D eigenvalue weighted by Gasteiger charge is -1.96. The molecule has 0 radical (unpaired) electrons. The maximum absolute atomic E-state index is 6.91. The number of hydrogen-bond acceptors (Lipinski definition) is 1. The molecule has 0 aliphatic carbocycles. The summed E-state index contributed by atoms with van der Waals surface area (Å²) in [6.45, 7) is 0. The van der Waals surface area contributed by atoms with Crippen molar-refractivity contribution in [3.05, 3.63) is 33.8 Å². The predicted octanol–water partition coefficient (Wildman–Crippen LogP) is 2.99. The molecule has 0 aliphatic rings. The van der Waals surface area contributed by atoms with Crippen LogP contribution in [0, 0.1) is 5.41 Å². The highest BCUT2D eigenvalue weighted by Gasteiger charge is 1.99. The van der Waals surface area contributed by atoms with E-state index >= 15 is 0 Å². The Morgan fingerprint density at radius 1 is 1.30 bits per heavy atom. The summed E-state index contributed by atoms with van der Waals surface area (Å²) in [7, 11) is 0. The number of halogens is 2. The molecule has 1 aromatic rings. The van der Waals surface area contributed by atoms with Crippen molar-refractivity contribution in [3.63, 3.8) is 0 Å². The van der Waals surface area contributed by atoms with Crippen molar-refractivity contribution in [2.45, 2.75) is 0 Å². The lowest BCUT2D eigenvalue weighted by molar-refractivity contribution is 1.54. The van der Waals surface area contributed by atoms with Gasteiger partial charge in [0, 0.05) is 11.8 Å². The Hall–Kier alpha value is -0.530. The summed E-state index contributed by atoms with van der Waals surface area (Å²) in [5, 5.41) is 7.85. The number of rotatable bonds is 1. The van der Waals surface area contributed by atoms with Crippen LogP contribution >= 0.6 is 23.2 Å². The first-order valence-corrected chi connectivity index (χ1v) is 3.46. The van der Waals surface area contributed by atoms with E-state index in [0.29, 0.717) is 15.6 Å². The Labute approximate surface area is 69.1 Å².